The number of ether oxygens (including phenoxy) is 3. The predicted molar refractivity (Wildman–Crippen MR) is 114 cm³/mol. The van der Waals surface area contributed by atoms with E-state index in [0.29, 0.717) is 16.8 Å². The van der Waals surface area contributed by atoms with Crippen LogP contribution >= 0.6 is 0 Å². The number of hydrogen-bond donors (Lipinski definition) is 5. The van der Waals surface area contributed by atoms with Crippen molar-refractivity contribution in [2.24, 2.45) is 5.73 Å². The maximum absolute atomic E-state index is 12.0. The highest BCUT2D eigenvalue weighted by Gasteiger charge is 2.45. The highest BCUT2D eigenvalue weighted by atomic mass is 16.7. The lowest BCUT2D eigenvalue weighted by atomic mass is 9.99. The Balaban J connectivity index is 2.01. The first-order valence-corrected chi connectivity index (χ1v) is 11.1. The summed E-state index contributed by atoms with van der Waals surface area (Å²) in [6, 6.07) is 0. The Morgan fingerprint density at radius 3 is 2.53 bits per heavy atom. The minimum atomic E-state index is -1.58. The number of unbranched alkanes of at least 4 members (excludes halogenated alkanes) is 4. The standard InChI is InChI=1S/C22H36N2O8/c1-3-4-5-6-7-8-17(26)30-12-16-18(27)19(28)20(29)22(31-16)32-21-13(2)24-10-14(11-25)15(21)9-23/h10,16,18-20,22,25,27-29H,3-9,11-12,23H2,1-2H3/t16-,18-,19+,20-,22-/m1/s1. The number of aliphatic hydroxyl groups excluding tert-OH is 4. The summed E-state index contributed by atoms with van der Waals surface area (Å²) in [5, 5.41) is 40.4. The van der Waals surface area contributed by atoms with Gasteiger partial charge in [0.1, 0.15) is 36.8 Å². The van der Waals surface area contributed by atoms with E-state index in [9.17, 15) is 25.2 Å². The Hall–Kier alpha value is -1.82. The Bertz CT molecular complexity index is 732. The van der Waals surface area contributed by atoms with E-state index in [0.717, 1.165) is 32.1 Å². The average molecular weight is 457 g/mol. The van der Waals surface area contributed by atoms with Crippen LogP contribution in [0.4, 0.5) is 0 Å². The molecule has 182 valence electrons. The minimum Gasteiger partial charge on any atom is -0.463 e. The molecule has 0 saturated carbocycles. The summed E-state index contributed by atoms with van der Waals surface area (Å²) in [4.78, 5) is 16.1. The molecule has 10 nitrogen and oxygen atoms in total. The van der Waals surface area contributed by atoms with Crippen LogP contribution < -0.4 is 10.5 Å². The number of esters is 1. The first-order chi connectivity index (χ1) is 15.3. The van der Waals surface area contributed by atoms with Crippen LogP contribution in [0.1, 0.15) is 62.3 Å². The highest BCUT2D eigenvalue weighted by Crippen LogP contribution is 2.30. The van der Waals surface area contributed by atoms with Gasteiger partial charge < -0.3 is 40.4 Å². The largest absolute Gasteiger partial charge is 0.463 e. The molecule has 1 saturated heterocycles. The maximum atomic E-state index is 12.0. The van der Waals surface area contributed by atoms with E-state index in [4.69, 9.17) is 19.9 Å². The number of nitrogens with two attached hydrogens (primary N) is 1. The van der Waals surface area contributed by atoms with Crippen LogP contribution in [0.25, 0.3) is 0 Å². The van der Waals surface area contributed by atoms with Gasteiger partial charge >= 0.3 is 5.97 Å². The van der Waals surface area contributed by atoms with Crippen LogP contribution in [0.3, 0.4) is 0 Å². The van der Waals surface area contributed by atoms with Crippen molar-refractivity contribution < 1.29 is 39.4 Å². The van der Waals surface area contributed by atoms with Gasteiger partial charge in [-0.15, -0.1) is 0 Å². The van der Waals surface area contributed by atoms with Crippen LogP contribution in [0.2, 0.25) is 0 Å². The monoisotopic (exact) mass is 456 g/mol. The van der Waals surface area contributed by atoms with Crippen LogP contribution in [-0.2, 0) is 27.4 Å². The molecule has 0 radical (unpaired) electrons. The third-order valence-electron chi connectivity index (χ3n) is 5.57. The van der Waals surface area contributed by atoms with Gasteiger partial charge in [-0.05, 0) is 13.3 Å². The molecule has 10 heteroatoms. The van der Waals surface area contributed by atoms with Gasteiger partial charge in [0.05, 0.1) is 12.3 Å². The van der Waals surface area contributed by atoms with Gasteiger partial charge in [-0.2, -0.15) is 0 Å². The molecule has 0 aromatic carbocycles. The van der Waals surface area contributed by atoms with Crippen molar-refractivity contribution in [1.29, 1.82) is 0 Å². The first-order valence-electron chi connectivity index (χ1n) is 11.1. The van der Waals surface area contributed by atoms with Crippen molar-refractivity contribution in [3.05, 3.63) is 23.0 Å². The Kier molecular flexibility index (Phi) is 10.8. The molecule has 0 unspecified atom stereocenters. The molecule has 0 spiro atoms. The summed E-state index contributed by atoms with van der Waals surface area (Å²) in [5.74, 6) is -0.203. The summed E-state index contributed by atoms with van der Waals surface area (Å²) in [5.41, 5.74) is 7.19. The number of carbonyl (C=O) groups is 1. The van der Waals surface area contributed by atoms with E-state index in [1.165, 1.54) is 6.20 Å². The Morgan fingerprint density at radius 2 is 1.88 bits per heavy atom. The van der Waals surface area contributed by atoms with Gasteiger partial charge in [0.25, 0.3) is 0 Å². The molecule has 1 aliphatic heterocycles. The topological polar surface area (TPSA) is 165 Å². The molecule has 1 fully saturated rings. The number of aryl methyl sites for hydroxylation is 1. The molecule has 0 aliphatic carbocycles. The van der Waals surface area contributed by atoms with Crippen LogP contribution in [0.5, 0.6) is 5.75 Å². The zero-order chi connectivity index (χ0) is 23.7. The quantitative estimate of drug-likeness (QED) is 0.220. The second-order valence-electron chi connectivity index (χ2n) is 8.02. The van der Waals surface area contributed by atoms with E-state index in [1.54, 1.807) is 6.92 Å². The summed E-state index contributed by atoms with van der Waals surface area (Å²) >= 11 is 0. The molecule has 0 bridgehead atoms. The number of aliphatic hydroxyl groups is 4. The molecule has 32 heavy (non-hydrogen) atoms. The molecule has 2 rings (SSSR count). The van der Waals surface area contributed by atoms with Gasteiger partial charge in [-0.25, -0.2) is 0 Å². The molecule has 5 atom stereocenters. The maximum Gasteiger partial charge on any atom is 0.305 e. The number of pyridine rings is 1. The molecule has 1 aliphatic rings. The SMILES string of the molecule is CCCCCCCC(=O)OC[C@H]1O[C@H](Oc2c(C)ncc(CO)c2CN)[C@H](O)[C@@H](O)[C@@H]1O. The lowest BCUT2D eigenvalue weighted by molar-refractivity contribution is -0.278. The van der Waals surface area contributed by atoms with Gasteiger partial charge in [-0.1, -0.05) is 32.6 Å². The fraction of sp³-hybridized carbons (Fsp3) is 0.727. The van der Waals surface area contributed by atoms with Gasteiger partial charge in [0, 0.05) is 30.3 Å². The average Bonchev–Trinajstić information content (AvgIpc) is 2.79. The molecule has 1 aromatic heterocycles. The molecular weight excluding hydrogens is 420 g/mol. The van der Waals surface area contributed by atoms with E-state index in [1.807, 2.05) is 0 Å². The summed E-state index contributed by atoms with van der Waals surface area (Å²) in [6.45, 7) is 3.22. The predicted octanol–water partition coefficient (Wildman–Crippen LogP) is 0.431. The molecule has 0 amide bonds. The van der Waals surface area contributed by atoms with E-state index >= 15 is 0 Å². The molecule has 6 N–H and O–H groups in total. The van der Waals surface area contributed by atoms with Crippen molar-refractivity contribution in [2.45, 2.75) is 96.2 Å². The third kappa shape index (κ3) is 6.84. The molecule has 2 heterocycles. The number of carbonyl (C=O) groups excluding carboxylic acids is 1. The number of nitrogens with zero attached hydrogens (tertiary/aromatic N) is 1. The lowest BCUT2D eigenvalue weighted by Crippen LogP contribution is -2.60. The first kappa shape index (κ1) is 26.4. The van der Waals surface area contributed by atoms with Crippen molar-refractivity contribution in [2.75, 3.05) is 6.61 Å². The Labute approximate surface area is 188 Å². The lowest BCUT2D eigenvalue weighted by Gasteiger charge is -2.40. The smallest absolute Gasteiger partial charge is 0.305 e. The van der Waals surface area contributed by atoms with Crippen molar-refractivity contribution in [1.82, 2.24) is 4.98 Å². The van der Waals surface area contributed by atoms with Gasteiger partial charge in [0.15, 0.2) is 0 Å². The second kappa shape index (κ2) is 13.0. The van der Waals surface area contributed by atoms with E-state index in [-0.39, 0.29) is 31.9 Å². The van der Waals surface area contributed by atoms with Crippen LogP contribution in [-0.4, -0.2) is 68.7 Å². The zero-order valence-corrected chi connectivity index (χ0v) is 18.8. The fourth-order valence-corrected chi connectivity index (χ4v) is 3.58. The van der Waals surface area contributed by atoms with Crippen molar-refractivity contribution in [3.63, 3.8) is 0 Å². The van der Waals surface area contributed by atoms with Crippen LogP contribution in [0.15, 0.2) is 6.20 Å². The van der Waals surface area contributed by atoms with E-state index < -0.39 is 36.7 Å². The number of rotatable bonds is 12. The zero-order valence-electron chi connectivity index (χ0n) is 18.8. The van der Waals surface area contributed by atoms with Crippen molar-refractivity contribution >= 4 is 5.97 Å². The molecule has 1 aromatic rings. The van der Waals surface area contributed by atoms with Crippen LogP contribution in [0, 0.1) is 6.92 Å². The highest BCUT2D eigenvalue weighted by molar-refractivity contribution is 5.69. The second-order valence-corrected chi connectivity index (χ2v) is 8.02. The fourth-order valence-electron chi connectivity index (χ4n) is 3.58. The van der Waals surface area contributed by atoms with Gasteiger partial charge in [-0.3, -0.25) is 9.78 Å². The van der Waals surface area contributed by atoms with Crippen molar-refractivity contribution in [3.8, 4) is 5.75 Å². The Morgan fingerprint density at radius 1 is 1.16 bits per heavy atom. The minimum absolute atomic E-state index is 0.0435. The van der Waals surface area contributed by atoms with E-state index in [2.05, 4.69) is 11.9 Å². The normalized spacial score (nSPS) is 25.5. The summed E-state index contributed by atoms with van der Waals surface area (Å²) in [6.07, 6.45) is -0.392. The van der Waals surface area contributed by atoms with Gasteiger partial charge in [0.2, 0.25) is 6.29 Å². The summed E-state index contributed by atoms with van der Waals surface area (Å²) in [7, 11) is 0. The number of aromatic nitrogens is 1. The molecular formula is C22H36N2O8. The number of hydrogen-bond acceptors (Lipinski definition) is 10. The third-order valence-corrected chi connectivity index (χ3v) is 5.57. The summed E-state index contributed by atoms with van der Waals surface area (Å²) < 4.78 is 16.6.